The molecule has 6 nitrogen and oxygen atoms in total. The Morgan fingerprint density at radius 2 is 1.79 bits per heavy atom. The lowest BCUT2D eigenvalue weighted by atomic mass is 10.1. The molecule has 3 aromatic rings. The zero-order valence-corrected chi connectivity index (χ0v) is 16.2. The van der Waals surface area contributed by atoms with Crippen molar-refractivity contribution >= 4 is 23.1 Å². The Hall–Kier alpha value is -3.33. The highest BCUT2D eigenvalue weighted by Gasteiger charge is 2.18. The summed E-state index contributed by atoms with van der Waals surface area (Å²) in [6.07, 6.45) is 0. The number of carbonyl (C=O) groups excluding carboxylic acids is 2. The molecule has 150 valence electrons. The molecule has 0 aliphatic rings. The van der Waals surface area contributed by atoms with Crippen molar-refractivity contribution < 1.29 is 32.6 Å². The Bertz CT molecular complexity index is 1070. The quantitative estimate of drug-likeness (QED) is 0.423. The van der Waals surface area contributed by atoms with Crippen LogP contribution in [0.15, 0.2) is 41.8 Å². The number of aromatic nitrogens is 1. The van der Waals surface area contributed by atoms with E-state index in [4.69, 9.17) is 14.2 Å². The Morgan fingerprint density at radius 1 is 1.03 bits per heavy atom. The fourth-order valence-electron chi connectivity index (χ4n) is 2.46. The van der Waals surface area contributed by atoms with Crippen LogP contribution in [0.5, 0.6) is 11.5 Å². The summed E-state index contributed by atoms with van der Waals surface area (Å²) in [6, 6.07) is 7.65. The maximum absolute atomic E-state index is 13.6. The van der Waals surface area contributed by atoms with Crippen molar-refractivity contribution in [3.05, 3.63) is 64.7 Å². The minimum Gasteiger partial charge on any atom is -0.493 e. The molecule has 2 aromatic carbocycles. The largest absolute Gasteiger partial charge is 0.493 e. The minimum atomic E-state index is -0.892. The minimum absolute atomic E-state index is 0.00713. The lowest BCUT2D eigenvalue weighted by Crippen LogP contribution is -2.16. The summed E-state index contributed by atoms with van der Waals surface area (Å²) in [6.45, 7) is -0.734. The van der Waals surface area contributed by atoms with Crippen molar-refractivity contribution in [3.8, 4) is 22.1 Å². The first-order valence-electron chi connectivity index (χ1n) is 8.26. The summed E-state index contributed by atoms with van der Waals surface area (Å²) in [5, 5.41) is 2.00. The van der Waals surface area contributed by atoms with Crippen LogP contribution in [0, 0.1) is 11.6 Å². The van der Waals surface area contributed by atoms with E-state index in [2.05, 4.69) is 4.98 Å². The van der Waals surface area contributed by atoms with E-state index >= 15 is 0 Å². The summed E-state index contributed by atoms with van der Waals surface area (Å²) >= 11 is 1.20. The highest BCUT2D eigenvalue weighted by atomic mass is 32.1. The first-order chi connectivity index (χ1) is 13.9. The van der Waals surface area contributed by atoms with Gasteiger partial charge in [-0.2, -0.15) is 0 Å². The van der Waals surface area contributed by atoms with Gasteiger partial charge in [0.1, 0.15) is 16.6 Å². The van der Waals surface area contributed by atoms with Gasteiger partial charge in [0.05, 0.1) is 19.8 Å². The molecule has 9 heteroatoms. The maximum atomic E-state index is 13.6. The second-order valence-corrected chi connectivity index (χ2v) is 6.59. The maximum Gasteiger partial charge on any atom is 0.358 e. The van der Waals surface area contributed by atoms with Gasteiger partial charge in [0, 0.05) is 10.9 Å². The molecule has 0 spiro atoms. The van der Waals surface area contributed by atoms with Gasteiger partial charge in [-0.3, -0.25) is 4.79 Å². The van der Waals surface area contributed by atoms with Gasteiger partial charge in [0.25, 0.3) is 0 Å². The zero-order chi connectivity index (χ0) is 21.0. The lowest BCUT2D eigenvalue weighted by Gasteiger charge is -2.08. The molecule has 0 aliphatic heterocycles. The van der Waals surface area contributed by atoms with E-state index in [9.17, 15) is 18.4 Å². The molecule has 0 N–H and O–H groups in total. The molecule has 0 fully saturated rings. The third kappa shape index (κ3) is 4.57. The number of hydrogen-bond donors (Lipinski definition) is 0. The fourth-order valence-corrected chi connectivity index (χ4v) is 3.25. The van der Waals surface area contributed by atoms with Gasteiger partial charge in [-0.15, -0.1) is 11.3 Å². The van der Waals surface area contributed by atoms with E-state index < -0.39 is 35.6 Å². The first-order valence-corrected chi connectivity index (χ1v) is 9.14. The predicted molar refractivity (Wildman–Crippen MR) is 102 cm³/mol. The van der Waals surface area contributed by atoms with E-state index in [1.54, 1.807) is 18.2 Å². The van der Waals surface area contributed by atoms with Crippen LogP contribution in [0.1, 0.15) is 20.8 Å². The number of methoxy groups -OCH3 is 2. The number of halogens is 2. The molecule has 29 heavy (non-hydrogen) atoms. The van der Waals surface area contributed by atoms with Gasteiger partial charge >= 0.3 is 5.97 Å². The molecule has 0 amide bonds. The van der Waals surface area contributed by atoms with Crippen LogP contribution >= 0.6 is 11.3 Å². The van der Waals surface area contributed by atoms with E-state index in [-0.39, 0.29) is 5.69 Å². The average molecular weight is 419 g/mol. The molecule has 3 rings (SSSR count). The molecule has 0 saturated heterocycles. The van der Waals surface area contributed by atoms with Gasteiger partial charge in [0.15, 0.2) is 23.8 Å². The molecule has 1 aromatic heterocycles. The number of nitrogens with zero attached hydrogens (tertiary/aromatic N) is 1. The Labute approximate surface area is 168 Å². The molecule has 1 heterocycles. The second-order valence-electron chi connectivity index (χ2n) is 5.73. The number of thiazole rings is 1. The van der Waals surface area contributed by atoms with Gasteiger partial charge in [-0.1, -0.05) is 0 Å². The first kappa shape index (κ1) is 20.4. The molecule has 0 unspecified atom stereocenters. The third-order valence-corrected chi connectivity index (χ3v) is 4.80. The number of benzene rings is 2. The molecular weight excluding hydrogens is 404 g/mol. The van der Waals surface area contributed by atoms with E-state index in [0.29, 0.717) is 22.1 Å². The number of rotatable bonds is 7. The summed E-state index contributed by atoms with van der Waals surface area (Å²) in [7, 11) is 3.02. The van der Waals surface area contributed by atoms with Crippen molar-refractivity contribution in [2.75, 3.05) is 20.8 Å². The number of carbonyl (C=O) groups is 2. The lowest BCUT2D eigenvalue weighted by molar-refractivity contribution is 0.0468. The molecule has 0 aliphatic carbocycles. The Morgan fingerprint density at radius 3 is 2.52 bits per heavy atom. The topological polar surface area (TPSA) is 74.7 Å². The van der Waals surface area contributed by atoms with Gasteiger partial charge in [-0.05, 0) is 36.4 Å². The summed E-state index contributed by atoms with van der Waals surface area (Å²) in [4.78, 5) is 28.3. The normalized spacial score (nSPS) is 10.5. The third-order valence-electron chi connectivity index (χ3n) is 3.91. The van der Waals surface area contributed by atoms with Gasteiger partial charge in [-0.25, -0.2) is 18.6 Å². The highest BCUT2D eigenvalue weighted by Crippen LogP contribution is 2.33. The average Bonchev–Trinajstić information content (AvgIpc) is 3.23. The molecule has 0 bridgehead atoms. The molecule has 0 atom stereocenters. The van der Waals surface area contributed by atoms with Gasteiger partial charge < -0.3 is 14.2 Å². The number of hydrogen-bond acceptors (Lipinski definition) is 7. The van der Waals surface area contributed by atoms with Crippen LogP contribution in [-0.4, -0.2) is 37.6 Å². The summed E-state index contributed by atoms with van der Waals surface area (Å²) in [5.41, 5.74) is 0.207. The van der Waals surface area contributed by atoms with E-state index in [1.165, 1.54) is 30.9 Å². The van der Waals surface area contributed by atoms with Crippen LogP contribution in [0.25, 0.3) is 10.6 Å². The number of ketones is 1. The van der Waals surface area contributed by atoms with Crippen LogP contribution in [-0.2, 0) is 4.74 Å². The highest BCUT2D eigenvalue weighted by molar-refractivity contribution is 7.13. The number of Topliss-reactive ketones (excluding diaryl/α,β-unsaturated/α-hetero) is 1. The monoisotopic (exact) mass is 419 g/mol. The van der Waals surface area contributed by atoms with Crippen LogP contribution in [0.4, 0.5) is 8.78 Å². The summed E-state index contributed by atoms with van der Waals surface area (Å²) < 4.78 is 42.1. The SMILES string of the molecule is COc1ccc(-c2nc(C(=O)OCC(=O)c3cc(F)ccc3F)cs2)cc1OC. The van der Waals surface area contributed by atoms with Gasteiger partial charge in [0.2, 0.25) is 5.78 Å². The molecular formula is C20H15F2NO5S. The summed E-state index contributed by atoms with van der Waals surface area (Å²) in [5.74, 6) is -2.30. The van der Waals surface area contributed by atoms with E-state index in [0.717, 1.165) is 18.2 Å². The Balaban J connectivity index is 1.69. The molecule has 0 radical (unpaired) electrons. The number of esters is 1. The van der Waals surface area contributed by atoms with Crippen molar-refractivity contribution in [3.63, 3.8) is 0 Å². The van der Waals surface area contributed by atoms with Crippen molar-refractivity contribution in [1.29, 1.82) is 0 Å². The van der Waals surface area contributed by atoms with Crippen LogP contribution in [0.3, 0.4) is 0 Å². The standard InChI is InChI=1S/C20H15F2NO5S/c1-26-17-6-3-11(7-18(17)27-2)19-23-15(10-29-19)20(25)28-9-16(24)13-8-12(21)4-5-14(13)22/h3-8,10H,9H2,1-2H3. The second kappa shape index (κ2) is 8.78. The smallest absolute Gasteiger partial charge is 0.358 e. The predicted octanol–water partition coefficient (Wildman–Crippen LogP) is 4.15. The Kier molecular flexibility index (Phi) is 6.18. The fraction of sp³-hybridized carbons (Fsp3) is 0.150. The van der Waals surface area contributed by atoms with Crippen molar-refractivity contribution in [2.45, 2.75) is 0 Å². The van der Waals surface area contributed by atoms with E-state index in [1.807, 2.05) is 0 Å². The number of ether oxygens (including phenoxy) is 3. The van der Waals surface area contributed by atoms with Crippen molar-refractivity contribution in [2.24, 2.45) is 0 Å². The molecule has 0 saturated carbocycles. The van der Waals surface area contributed by atoms with Crippen LogP contribution in [0.2, 0.25) is 0 Å². The zero-order valence-electron chi connectivity index (χ0n) is 15.4. The van der Waals surface area contributed by atoms with Crippen LogP contribution < -0.4 is 9.47 Å². The van der Waals surface area contributed by atoms with Crippen molar-refractivity contribution in [1.82, 2.24) is 4.98 Å².